The van der Waals surface area contributed by atoms with Gasteiger partial charge in [-0.2, -0.15) is 0 Å². The number of rotatable bonds is 35. The molecule has 15 nitrogen and oxygen atoms in total. The van der Waals surface area contributed by atoms with Crippen molar-refractivity contribution < 1.29 is 73.8 Å². The molecule has 0 radical (unpaired) electrons. The molecule has 2 aliphatic rings. The summed E-state index contributed by atoms with van der Waals surface area (Å²) >= 11 is 0. The van der Waals surface area contributed by atoms with Crippen LogP contribution in [0.5, 0.6) is 0 Å². The van der Waals surface area contributed by atoms with Crippen LogP contribution < -0.4 is 0 Å². The molecule has 0 amide bonds. The molecule has 11 unspecified atom stereocenters. The van der Waals surface area contributed by atoms with E-state index in [-0.39, 0.29) is 26.1 Å². The fourth-order valence-corrected chi connectivity index (χ4v) is 7.33. The average molecular weight is 863 g/mol. The molecule has 0 spiro atoms. The molecule has 352 valence electrons. The van der Waals surface area contributed by atoms with E-state index in [1.807, 2.05) is 6.92 Å². The van der Waals surface area contributed by atoms with Crippen LogP contribution in [-0.2, 0) is 38.0 Å². The third-order valence-electron chi connectivity index (χ3n) is 11.2. The van der Waals surface area contributed by atoms with E-state index in [1.54, 1.807) is 0 Å². The molecular formula is C45H82O15. The SMILES string of the molecule is CCCCCCCCCC/C=C\CCCCCCCCCCCC(=O)OC(COC(=O)CCCCC)COC1OC(COC2OC(CO)C(O)C(O)C2O)C(O)C(O)C1O. The minimum atomic E-state index is -1.76. The van der Waals surface area contributed by atoms with Crippen molar-refractivity contribution >= 4 is 11.9 Å². The van der Waals surface area contributed by atoms with E-state index in [1.165, 1.54) is 89.9 Å². The molecule has 7 N–H and O–H groups in total. The highest BCUT2D eigenvalue weighted by atomic mass is 16.7. The van der Waals surface area contributed by atoms with Crippen molar-refractivity contribution in [3.63, 3.8) is 0 Å². The number of hydrogen-bond acceptors (Lipinski definition) is 15. The molecular weight excluding hydrogens is 780 g/mol. The number of aliphatic hydroxyl groups is 7. The molecule has 0 aromatic heterocycles. The van der Waals surface area contributed by atoms with Gasteiger partial charge in [0, 0.05) is 12.8 Å². The summed E-state index contributed by atoms with van der Waals surface area (Å²) in [5.74, 6) is -0.951. The summed E-state index contributed by atoms with van der Waals surface area (Å²) in [6.45, 7) is 2.39. The summed E-state index contributed by atoms with van der Waals surface area (Å²) in [5.41, 5.74) is 0. The van der Waals surface area contributed by atoms with Crippen LogP contribution in [-0.4, -0.2) is 142 Å². The summed E-state index contributed by atoms with van der Waals surface area (Å²) in [5, 5.41) is 71.5. The Hall–Kier alpha value is -1.76. The van der Waals surface area contributed by atoms with Crippen LogP contribution >= 0.6 is 0 Å². The van der Waals surface area contributed by atoms with Crippen molar-refractivity contribution in [3.05, 3.63) is 12.2 Å². The van der Waals surface area contributed by atoms with Gasteiger partial charge in [-0.15, -0.1) is 0 Å². The molecule has 0 bridgehead atoms. The highest BCUT2D eigenvalue weighted by Gasteiger charge is 2.47. The second-order valence-corrected chi connectivity index (χ2v) is 16.6. The third-order valence-corrected chi connectivity index (χ3v) is 11.2. The van der Waals surface area contributed by atoms with Crippen molar-refractivity contribution in [3.8, 4) is 0 Å². The van der Waals surface area contributed by atoms with Crippen molar-refractivity contribution in [2.45, 2.75) is 235 Å². The van der Waals surface area contributed by atoms with Crippen molar-refractivity contribution in [1.29, 1.82) is 0 Å². The van der Waals surface area contributed by atoms with Gasteiger partial charge in [-0.25, -0.2) is 0 Å². The highest BCUT2D eigenvalue weighted by molar-refractivity contribution is 5.70. The number of unbranched alkanes of at least 4 members (excludes halogenated alkanes) is 19. The summed E-state index contributed by atoms with van der Waals surface area (Å²) in [6.07, 6.45) is 13.7. The third kappa shape index (κ3) is 22.5. The Morgan fingerprint density at radius 3 is 1.50 bits per heavy atom. The molecule has 2 fully saturated rings. The van der Waals surface area contributed by atoms with Crippen molar-refractivity contribution in [2.75, 3.05) is 26.4 Å². The average Bonchev–Trinajstić information content (AvgIpc) is 3.24. The van der Waals surface area contributed by atoms with E-state index in [2.05, 4.69) is 19.1 Å². The minimum absolute atomic E-state index is 0.165. The number of carbonyl (C=O) groups is 2. The largest absolute Gasteiger partial charge is 0.462 e. The maximum atomic E-state index is 12.8. The van der Waals surface area contributed by atoms with E-state index < -0.39 is 92.7 Å². The molecule has 0 aliphatic carbocycles. The molecule has 2 saturated heterocycles. The molecule has 2 rings (SSSR count). The lowest BCUT2D eigenvalue weighted by Gasteiger charge is -2.42. The standard InChI is InChI=1S/C45H82O15/c1-3-5-7-8-9-10-11-12-13-14-15-16-17-18-19-20-21-22-23-24-26-28-37(48)58-33(30-55-36(47)27-25-6-4-2)31-56-44-43(54)41(52)39(50)35(60-44)32-57-45-42(53)40(51)38(49)34(29-46)59-45/h14-15,33-35,38-46,49-54H,3-13,16-32H2,1-2H3/b15-14-. The topological polar surface area (TPSA) is 231 Å². The van der Waals surface area contributed by atoms with E-state index in [9.17, 15) is 45.3 Å². The Balaban J connectivity index is 1.70. The lowest BCUT2D eigenvalue weighted by atomic mass is 9.98. The predicted molar refractivity (Wildman–Crippen MR) is 224 cm³/mol. The van der Waals surface area contributed by atoms with Crippen molar-refractivity contribution in [1.82, 2.24) is 0 Å². The van der Waals surface area contributed by atoms with E-state index in [0.29, 0.717) is 12.8 Å². The zero-order valence-corrected chi connectivity index (χ0v) is 36.7. The summed E-state index contributed by atoms with van der Waals surface area (Å²) in [4.78, 5) is 25.2. The Kier molecular flexibility index (Phi) is 30.6. The Bertz CT molecular complexity index is 1110. The van der Waals surface area contributed by atoms with E-state index >= 15 is 0 Å². The highest BCUT2D eigenvalue weighted by Crippen LogP contribution is 2.26. The van der Waals surface area contributed by atoms with Crippen LogP contribution in [0.1, 0.15) is 168 Å². The molecule has 60 heavy (non-hydrogen) atoms. The summed E-state index contributed by atoms with van der Waals surface area (Å²) in [7, 11) is 0. The number of hydrogen-bond donors (Lipinski definition) is 7. The van der Waals surface area contributed by atoms with Gasteiger partial charge < -0.3 is 64.2 Å². The van der Waals surface area contributed by atoms with Crippen LogP contribution in [0.2, 0.25) is 0 Å². The number of allylic oxidation sites excluding steroid dienone is 2. The maximum Gasteiger partial charge on any atom is 0.306 e. The zero-order valence-electron chi connectivity index (χ0n) is 36.7. The van der Waals surface area contributed by atoms with Gasteiger partial charge >= 0.3 is 11.9 Å². The smallest absolute Gasteiger partial charge is 0.306 e. The molecule has 2 aliphatic heterocycles. The van der Waals surface area contributed by atoms with Gasteiger partial charge in [-0.05, 0) is 38.5 Å². The Labute approximate surface area is 359 Å². The monoisotopic (exact) mass is 863 g/mol. The number of aliphatic hydroxyl groups excluding tert-OH is 7. The first-order valence-corrected chi connectivity index (χ1v) is 23.3. The molecule has 0 saturated carbocycles. The minimum Gasteiger partial charge on any atom is -0.462 e. The van der Waals surface area contributed by atoms with Crippen LogP contribution in [0.4, 0.5) is 0 Å². The number of carbonyl (C=O) groups excluding carboxylic acids is 2. The van der Waals surface area contributed by atoms with Gasteiger partial charge in [0.1, 0.15) is 55.4 Å². The van der Waals surface area contributed by atoms with E-state index in [0.717, 1.165) is 38.5 Å². The maximum absolute atomic E-state index is 12.8. The first kappa shape index (κ1) is 54.4. The lowest BCUT2D eigenvalue weighted by molar-refractivity contribution is -0.332. The Morgan fingerprint density at radius 2 is 0.950 bits per heavy atom. The zero-order chi connectivity index (χ0) is 44.0. The van der Waals surface area contributed by atoms with Gasteiger partial charge in [0.2, 0.25) is 0 Å². The van der Waals surface area contributed by atoms with Gasteiger partial charge in [0.15, 0.2) is 18.7 Å². The van der Waals surface area contributed by atoms with Crippen LogP contribution in [0, 0.1) is 0 Å². The predicted octanol–water partition coefficient (Wildman–Crippen LogP) is 5.04. The van der Waals surface area contributed by atoms with E-state index in [4.69, 9.17) is 28.4 Å². The molecule has 2 heterocycles. The fraction of sp³-hybridized carbons (Fsp3) is 0.911. The van der Waals surface area contributed by atoms with Crippen molar-refractivity contribution in [2.24, 2.45) is 0 Å². The first-order chi connectivity index (χ1) is 29.0. The van der Waals surface area contributed by atoms with Gasteiger partial charge in [0.05, 0.1) is 19.8 Å². The number of ether oxygens (including phenoxy) is 6. The summed E-state index contributed by atoms with van der Waals surface area (Å²) in [6, 6.07) is 0. The molecule has 0 aromatic carbocycles. The molecule has 0 aromatic rings. The summed E-state index contributed by atoms with van der Waals surface area (Å²) < 4.78 is 33.2. The quantitative estimate of drug-likeness (QED) is 0.0252. The van der Waals surface area contributed by atoms with Gasteiger partial charge in [-0.1, -0.05) is 129 Å². The molecule has 15 heteroatoms. The van der Waals surface area contributed by atoms with Gasteiger partial charge in [0.25, 0.3) is 0 Å². The normalized spacial score (nSPS) is 27.6. The fourth-order valence-electron chi connectivity index (χ4n) is 7.33. The van der Waals surface area contributed by atoms with Gasteiger partial charge in [-0.3, -0.25) is 9.59 Å². The lowest BCUT2D eigenvalue weighted by Crippen LogP contribution is -2.61. The second kappa shape index (κ2) is 33.8. The van der Waals surface area contributed by atoms with Crippen LogP contribution in [0.25, 0.3) is 0 Å². The Morgan fingerprint density at radius 1 is 0.517 bits per heavy atom. The number of esters is 2. The first-order valence-electron chi connectivity index (χ1n) is 23.3. The van der Waals surface area contributed by atoms with Crippen LogP contribution in [0.15, 0.2) is 12.2 Å². The molecule has 11 atom stereocenters. The van der Waals surface area contributed by atoms with Crippen LogP contribution in [0.3, 0.4) is 0 Å². The second-order valence-electron chi connectivity index (χ2n) is 16.6.